The second-order valence-electron chi connectivity index (χ2n) is 10.4. The van der Waals surface area contributed by atoms with Crippen LogP contribution >= 0.6 is 0 Å². The molecule has 1 aromatic rings. The lowest BCUT2D eigenvalue weighted by Gasteiger charge is -2.56. The largest absolute Gasteiger partial charge is 0.444 e. The Balaban J connectivity index is 1.37. The molecule has 4 rings (SSSR count). The minimum absolute atomic E-state index is 0.0353. The maximum absolute atomic E-state index is 14.6. The molecule has 29 heavy (non-hydrogen) atoms. The van der Waals surface area contributed by atoms with Gasteiger partial charge < -0.3 is 9.64 Å². The van der Waals surface area contributed by atoms with Crippen molar-refractivity contribution in [3.05, 3.63) is 34.6 Å². The zero-order valence-corrected chi connectivity index (χ0v) is 18.4. The summed E-state index contributed by atoms with van der Waals surface area (Å²) in [6, 6.07) is 4.41. The standard InChI is InChI=1S/C24H35FN2O2/c1-5-17-11-18-7-10-26(15-20(18)21(25)12-17)19-13-24(14-19)8-6-9-27(16-24)22(28)29-23(2,3)4/h11-12,19H,5-10,13-16H2,1-4H3. The van der Waals surface area contributed by atoms with Gasteiger partial charge in [-0.25, -0.2) is 9.18 Å². The summed E-state index contributed by atoms with van der Waals surface area (Å²) in [5.74, 6) is -0.0353. The lowest BCUT2D eigenvalue weighted by molar-refractivity contribution is -0.0598. The van der Waals surface area contributed by atoms with Crippen molar-refractivity contribution < 1.29 is 13.9 Å². The van der Waals surface area contributed by atoms with Gasteiger partial charge in [0, 0.05) is 37.8 Å². The molecule has 0 bridgehead atoms. The van der Waals surface area contributed by atoms with E-state index in [0.717, 1.165) is 69.4 Å². The van der Waals surface area contributed by atoms with E-state index in [4.69, 9.17) is 4.74 Å². The maximum atomic E-state index is 14.6. The predicted octanol–water partition coefficient (Wildman–Crippen LogP) is 4.93. The highest BCUT2D eigenvalue weighted by Gasteiger charge is 2.50. The van der Waals surface area contributed by atoms with Crippen LogP contribution in [0.25, 0.3) is 0 Å². The van der Waals surface area contributed by atoms with E-state index in [9.17, 15) is 9.18 Å². The number of amides is 1. The highest BCUT2D eigenvalue weighted by Crippen LogP contribution is 2.50. The summed E-state index contributed by atoms with van der Waals surface area (Å²) in [6.07, 6.45) is 6.08. The van der Waals surface area contributed by atoms with Crippen LogP contribution in [-0.4, -0.2) is 47.2 Å². The second kappa shape index (κ2) is 7.57. The molecular weight excluding hydrogens is 367 g/mol. The van der Waals surface area contributed by atoms with Gasteiger partial charge in [0.15, 0.2) is 0 Å². The van der Waals surface area contributed by atoms with E-state index in [2.05, 4.69) is 17.9 Å². The number of carbonyl (C=O) groups is 1. The molecule has 1 aliphatic carbocycles. The fourth-order valence-electron chi connectivity index (χ4n) is 5.44. The molecule has 0 N–H and O–H groups in total. The molecule has 0 unspecified atom stereocenters. The molecule has 0 atom stereocenters. The van der Waals surface area contributed by atoms with Crippen molar-refractivity contribution in [1.82, 2.24) is 9.80 Å². The number of hydrogen-bond acceptors (Lipinski definition) is 3. The Bertz CT molecular complexity index is 780. The van der Waals surface area contributed by atoms with Crippen LogP contribution in [0.2, 0.25) is 0 Å². The summed E-state index contributed by atoms with van der Waals surface area (Å²) in [4.78, 5) is 16.9. The number of nitrogens with zero attached hydrogens (tertiary/aromatic N) is 2. The molecule has 3 aliphatic rings. The van der Waals surface area contributed by atoms with Gasteiger partial charge in [0.05, 0.1) is 0 Å². The van der Waals surface area contributed by atoms with Crippen LogP contribution in [0.15, 0.2) is 12.1 Å². The number of likely N-dealkylation sites (tertiary alicyclic amines) is 1. The number of carbonyl (C=O) groups excluding carboxylic acids is 1. The van der Waals surface area contributed by atoms with Gasteiger partial charge in [-0.2, -0.15) is 0 Å². The van der Waals surface area contributed by atoms with Gasteiger partial charge in [-0.15, -0.1) is 0 Å². The first-order valence-electron chi connectivity index (χ1n) is 11.2. The fourth-order valence-corrected chi connectivity index (χ4v) is 5.44. The summed E-state index contributed by atoms with van der Waals surface area (Å²) in [5.41, 5.74) is 2.97. The highest BCUT2D eigenvalue weighted by atomic mass is 19.1. The normalized spacial score (nSPS) is 27.5. The quantitative estimate of drug-likeness (QED) is 0.703. The molecule has 1 amide bonds. The average molecular weight is 403 g/mol. The second-order valence-corrected chi connectivity index (χ2v) is 10.4. The number of ether oxygens (including phenoxy) is 1. The molecule has 2 aliphatic heterocycles. The summed E-state index contributed by atoms with van der Waals surface area (Å²) >= 11 is 0. The number of benzene rings is 1. The van der Waals surface area contributed by atoms with Gasteiger partial charge in [0.1, 0.15) is 11.4 Å². The number of rotatable bonds is 2. The number of halogens is 1. The van der Waals surface area contributed by atoms with Crippen LogP contribution in [0.5, 0.6) is 0 Å². The molecule has 0 aromatic heterocycles. The molecule has 0 radical (unpaired) electrons. The van der Waals surface area contributed by atoms with Crippen LogP contribution in [0.3, 0.4) is 0 Å². The van der Waals surface area contributed by atoms with Crippen molar-refractivity contribution in [2.45, 2.75) is 84.4 Å². The van der Waals surface area contributed by atoms with Gasteiger partial charge in [0.2, 0.25) is 0 Å². The van der Waals surface area contributed by atoms with E-state index in [-0.39, 0.29) is 17.3 Å². The predicted molar refractivity (Wildman–Crippen MR) is 112 cm³/mol. The van der Waals surface area contributed by atoms with Crippen molar-refractivity contribution >= 4 is 6.09 Å². The molecule has 1 saturated heterocycles. The van der Waals surface area contributed by atoms with E-state index < -0.39 is 5.60 Å². The molecule has 160 valence electrons. The molecule has 2 fully saturated rings. The van der Waals surface area contributed by atoms with Gasteiger partial charge in [-0.1, -0.05) is 13.0 Å². The monoisotopic (exact) mass is 402 g/mol. The van der Waals surface area contributed by atoms with Crippen molar-refractivity contribution in [3.63, 3.8) is 0 Å². The van der Waals surface area contributed by atoms with Crippen LogP contribution < -0.4 is 0 Å². The third-order valence-corrected chi connectivity index (χ3v) is 6.95. The first-order valence-corrected chi connectivity index (χ1v) is 11.2. The Labute approximate surface area is 174 Å². The molecule has 2 heterocycles. The lowest BCUT2D eigenvalue weighted by Crippen LogP contribution is -2.59. The van der Waals surface area contributed by atoms with Gasteiger partial charge in [0.25, 0.3) is 0 Å². The average Bonchev–Trinajstić information content (AvgIpc) is 2.64. The first kappa shape index (κ1) is 20.6. The maximum Gasteiger partial charge on any atom is 0.410 e. The molecule has 1 aromatic carbocycles. The van der Waals surface area contributed by atoms with Crippen LogP contribution in [-0.2, 0) is 24.1 Å². The third kappa shape index (κ3) is 4.30. The third-order valence-electron chi connectivity index (χ3n) is 6.95. The summed E-state index contributed by atoms with van der Waals surface area (Å²) in [5, 5.41) is 0. The fraction of sp³-hybridized carbons (Fsp3) is 0.708. The van der Waals surface area contributed by atoms with Crippen LogP contribution in [0.4, 0.5) is 9.18 Å². The molecule has 5 heteroatoms. The molecule has 1 spiro atoms. The summed E-state index contributed by atoms with van der Waals surface area (Å²) in [6.45, 7) is 11.2. The van der Waals surface area contributed by atoms with E-state index in [1.54, 1.807) is 6.07 Å². The Morgan fingerprint density at radius 3 is 2.72 bits per heavy atom. The Kier molecular flexibility index (Phi) is 5.39. The van der Waals surface area contributed by atoms with E-state index in [1.807, 2.05) is 25.7 Å². The first-order chi connectivity index (χ1) is 13.7. The smallest absolute Gasteiger partial charge is 0.410 e. The van der Waals surface area contributed by atoms with E-state index >= 15 is 0 Å². The van der Waals surface area contributed by atoms with Crippen molar-refractivity contribution in [2.75, 3.05) is 19.6 Å². The number of aryl methyl sites for hydroxylation is 1. The van der Waals surface area contributed by atoms with Gasteiger partial charge in [-0.05, 0) is 81.9 Å². The zero-order valence-electron chi connectivity index (χ0n) is 18.4. The van der Waals surface area contributed by atoms with Crippen molar-refractivity contribution in [1.29, 1.82) is 0 Å². The summed E-state index contributed by atoms with van der Waals surface area (Å²) < 4.78 is 20.2. The minimum atomic E-state index is -0.452. The molecular formula is C24H35FN2O2. The van der Waals surface area contributed by atoms with Crippen molar-refractivity contribution in [3.8, 4) is 0 Å². The Morgan fingerprint density at radius 2 is 2.03 bits per heavy atom. The molecule has 4 nitrogen and oxygen atoms in total. The minimum Gasteiger partial charge on any atom is -0.444 e. The Hall–Kier alpha value is -1.62. The van der Waals surface area contributed by atoms with Crippen LogP contribution in [0.1, 0.15) is 70.1 Å². The number of fused-ring (bicyclic) bond motifs is 1. The number of hydrogen-bond donors (Lipinski definition) is 0. The summed E-state index contributed by atoms with van der Waals surface area (Å²) in [7, 11) is 0. The van der Waals surface area contributed by atoms with Crippen LogP contribution in [0, 0.1) is 11.2 Å². The van der Waals surface area contributed by atoms with E-state index in [0.29, 0.717) is 6.04 Å². The van der Waals surface area contributed by atoms with Crippen molar-refractivity contribution in [2.24, 2.45) is 5.41 Å². The van der Waals surface area contributed by atoms with Gasteiger partial charge in [-0.3, -0.25) is 4.90 Å². The zero-order chi connectivity index (χ0) is 20.8. The Morgan fingerprint density at radius 1 is 1.28 bits per heavy atom. The highest BCUT2D eigenvalue weighted by molar-refractivity contribution is 5.68. The SMILES string of the molecule is CCc1cc(F)c2c(c1)CCN(C1CC3(CCCN(C(=O)OC(C)(C)C)C3)C1)C2. The number of piperidine rings is 1. The van der Waals surface area contributed by atoms with E-state index in [1.165, 1.54) is 12.0 Å². The molecule has 1 saturated carbocycles. The topological polar surface area (TPSA) is 32.8 Å². The lowest BCUT2D eigenvalue weighted by atomic mass is 9.61. The van der Waals surface area contributed by atoms with Gasteiger partial charge >= 0.3 is 6.09 Å².